The first-order valence-electron chi connectivity index (χ1n) is 3.07. The second-order valence-electron chi connectivity index (χ2n) is 2.10. The van der Waals surface area contributed by atoms with Gasteiger partial charge in [0.15, 0.2) is 0 Å². The van der Waals surface area contributed by atoms with Gasteiger partial charge in [-0.3, -0.25) is 4.79 Å². The Morgan fingerprint density at radius 1 is 1.73 bits per heavy atom. The molecule has 0 aromatic rings. The van der Waals surface area contributed by atoms with Gasteiger partial charge in [0.25, 0.3) is 0 Å². The van der Waals surface area contributed by atoms with E-state index in [9.17, 15) is 4.79 Å². The van der Waals surface area contributed by atoms with Crippen LogP contribution in [0, 0.1) is 0 Å². The number of hydrogen-bond donors (Lipinski definition) is 1. The van der Waals surface area contributed by atoms with Crippen LogP contribution in [0.4, 0.5) is 0 Å². The molecule has 0 atom stereocenters. The zero-order valence-corrected chi connectivity index (χ0v) is 8.00. The van der Waals surface area contributed by atoms with E-state index in [0.717, 1.165) is 11.8 Å². The maximum Gasteiger partial charge on any atom is 0.313 e. The highest BCUT2D eigenvalue weighted by atomic mass is 32.2. The molecule has 0 rings (SSSR count). The van der Waals surface area contributed by atoms with Gasteiger partial charge in [0, 0.05) is 0 Å². The molecule has 0 unspecified atom stereocenters. The molecule has 0 aromatic heterocycles. The summed E-state index contributed by atoms with van der Waals surface area (Å²) in [6, 6.07) is 0. The third kappa shape index (κ3) is 7.61. The molecule has 0 aliphatic rings. The average molecular weight is 194 g/mol. The van der Waals surface area contributed by atoms with E-state index in [-0.39, 0.29) is 11.9 Å². The van der Waals surface area contributed by atoms with E-state index in [0.29, 0.717) is 4.38 Å². The van der Waals surface area contributed by atoms with Gasteiger partial charge in [0.2, 0.25) is 4.38 Å². The zero-order valence-electron chi connectivity index (χ0n) is 6.36. The van der Waals surface area contributed by atoms with E-state index in [1.54, 1.807) is 0 Å². The average Bonchev–Trinajstić information content (AvgIpc) is 1.82. The van der Waals surface area contributed by atoms with Crippen molar-refractivity contribution < 1.29 is 14.6 Å². The Bertz CT molecular complexity index is 156. The summed E-state index contributed by atoms with van der Waals surface area (Å²) in [5, 5.41) is 8.26. The van der Waals surface area contributed by atoms with E-state index in [2.05, 4.69) is 0 Å². The first-order valence-corrected chi connectivity index (χ1v) is 4.47. The van der Waals surface area contributed by atoms with Gasteiger partial charge < -0.3 is 9.84 Å². The summed E-state index contributed by atoms with van der Waals surface area (Å²) in [7, 11) is 0. The summed E-state index contributed by atoms with van der Waals surface area (Å²) in [6.07, 6.45) is 0.0174. The molecular weight excluding hydrogens is 184 g/mol. The predicted molar refractivity (Wildman–Crippen MR) is 48.9 cm³/mol. The van der Waals surface area contributed by atoms with Crippen LogP contribution in [0.25, 0.3) is 0 Å². The number of thioether (sulfide) groups is 1. The molecule has 0 aromatic carbocycles. The number of hydrogen-bond acceptors (Lipinski definition) is 4. The fourth-order valence-corrected chi connectivity index (χ4v) is 1.22. The van der Waals surface area contributed by atoms with Gasteiger partial charge >= 0.3 is 5.97 Å². The molecule has 0 saturated heterocycles. The smallest absolute Gasteiger partial charge is 0.313 e. The minimum Gasteiger partial charge on any atom is -0.481 e. The van der Waals surface area contributed by atoms with Gasteiger partial charge in [-0.15, -0.1) is 0 Å². The fourth-order valence-electron chi connectivity index (χ4n) is 0.347. The Morgan fingerprint density at radius 2 is 2.27 bits per heavy atom. The molecule has 0 aliphatic carbocycles. The van der Waals surface area contributed by atoms with Crippen molar-refractivity contribution in [3.05, 3.63) is 0 Å². The topological polar surface area (TPSA) is 46.5 Å². The van der Waals surface area contributed by atoms with Crippen LogP contribution in [-0.2, 0) is 9.53 Å². The zero-order chi connectivity index (χ0) is 8.85. The number of carboxylic acids is 1. The molecule has 0 spiro atoms. The number of carboxylic acid groups (broad SMARTS) is 1. The van der Waals surface area contributed by atoms with Crippen molar-refractivity contribution in [2.75, 3.05) is 5.75 Å². The highest BCUT2D eigenvalue weighted by Crippen LogP contribution is 2.07. The summed E-state index contributed by atoms with van der Waals surface area (Å²) >= 11 is 5.75. The minimum atomic E-state index is -0.885. The van der Waals surface area contributed by atoms with Gasteiger partial charge in [-0.2, -0.15) is 0 Å². The quantitative estimate of drug-likeness (QED) is 0.690. The third-order valence-corrected chi connectivity index (χ3v) is 1.82. The molecule has 0 radical (unpaired) electrons. The predicted octanol–water partition coefficient (Wildman–Crippen LogP) is 1.51. The number of ether oxygens (including phenoxy) is 1. The first-order chi connectivity index (χ1) is 5.02. The van der Waals surface area contributed by atoms with Crippen LogP contribution in [0.5, 0.6) is 0 Å². The minimum absolute atomic E-state index is 0.0174. The first kappa shape index (κ1) is 10.7. The standard InChI is InChI=1S/C6H10O3S2/c1-4(2)9-6(10)11-3-5(7)8/h4H,3H2,1-2H3,(H,7,8). The van der Waals surface area contributed by atoms with Crippen LogP contribution >= 0.6 is 24.0 Å². The van der Waals surface area contributed by atoms with Gasteiger partial charge in [-0.1, -0.05) is 11.8 Å². The van der Waals surface area contributed by atoms with Gasteiger partial charge in [-0.25, -0.2) is 0 Å². The van der Waals surface area contributed by atoms with Gasteiger partial charge in [0.1, 0.15) is 0 Å². The van der Waals surface area contributed by atoms with Crippen molar-refractivity contribution >= 4 is 34.3 Å². The molecule has 0 fully saturated rings. The fraction of sp³-hybridized carbons (Fsp3) is 0.667. The van der Waals surface area contributed by atoms with Gasteiger partial charge in [-0.05, 0) is 26.1 Å². The molecule has 0 bridgehead atoms. The molecule has 11 heavy (non-hydrogen) atoms. The highest BCUT2D eigenvalue weighted by Gasteiger charge is 2.04. The van der Waals surface area contributed by atoms with E-state index in [1.807, 2.05) is 13.8 Å². The molecule has 0 saturated carbocycles. The van der Waals surface area contributed by atoms with Crippen LogP contribution in [0.15, 0.2) is 0 Å². The highest BCUT2D eigenvalue weighted by molar-refractivity contribution is 8.23. The van der Waals surface area contributed by atoms with Crippen molar-refractivity contribution in [1.82, 2.24) is 0 Å². The van der Waals surface area contributed by atoms with Crippen molar-refractivity contribution in [2.24, 2.45) is 0 Å². The number of carbonyl (C=O) groups is 1. The van der Waals surface area contributed by atoms with Crippen molar-refractivity contribution in [1.29, 1.82) is 0 Å². The molecule has 64 valence electrons. The van der Waals surface area contributed by atoms with Crippen molar-refractivity contribution in [2.45, 2.75) is 20.0 Å². The maximum absolute atomic E-state index is 10.1. The third-order valence-electron chi connectivity index (χ3n) is 0.645. The molecule has 0 amide bonds. The maximum atomic E-state index is 10.1. The number of rotatable bonds is 3. The molecular formula is C6H10O3S2. The lowest BCUT2D eigenvalue weighted by molar-refractivity contribution is -0.133. The van der Waals surface area contributed by atoms with E-state index < -0.39 is 5.97 Å². The van der Waals surface area contributed by atoms with E-state index in [4.69, 9.17) is 22.1 Å². The SMILES string of the molecule is CC(C)OC(=S)SCC(=O)O. The summed E-state index contributed by atoms with van der Waals surface area (Å²) in [5.41, 5.74) is 0. The summed E-state index contributed by atoms with van der Waals surface area (Å²) < 4.78 is 5.33. The van der Waals surface area contributed by atoms with E-state index >= 15 is 0 Å². The van der Waals surface area contributed by atoms with Crippen LogP contribution < -0.4 is 0 Å². The lowest BCUT2D eigenvalue weighted by Crippen LogP contribution is -2.09. The van der Waals surface area contributed by atoms with E-state index in [1.165, 1.54) is 0 Å². The second kappa shape index (κ2) is 5.37. The monoisotopic (exact) mass is 194 g/mol. The summed E-state index contributed by atoms with van der Waals surface area (Å²) in [5.74, 6) is -0.921. The number of aliphatic carboxylic acids is 1. The molecule has 3 nitrogen and oxygen atoms in total. The lowest BCUT2D eigenvalue weighted by Gasteiger charge is -2.08. The normalized spacial score (nSPS) is 9.73. The van der Waals surface area contributed by atoms with Crippen LogP contribution in [-0.4, -0.2) is 27.3 Å². The number of thiocarbonyl (C=S) groups is 1. The second-order valence-corrected chi connectivity index (χ2v) is 3.68. The Balaban J connectivity index is 3.45. The summed E-state index contributed by atoms with van der Waals surface area (Å²) in [6.45, 7) is 3.68. The molecule has 0 heterocycles. The van der Waals surface area contributed by atoms with Crippen LogP contribution in [0.1, 0.15) is 13.8 Å². The Labute approximate surface area is 75.1 Å². The molecule has 0 aliphatic heterocycles. The Kier molecular flexibility index (Phi) is 5.23. The lowest BCUT2D eigenvalue weighted by atomic mass is 10.5. The molecule has 1 N–H and O–H groups in total. The molecule has 5 heteroatoms. The summed E-state index contributed by atoms with van der Waals surface area (Å²) in [4.78, 5) is 10.1. The largest absolute Gasteiger partial charge is 0.481 e. The Morgan fingerprint density at radius 3 is 2.64 bits per heavy atom. The van der Waals surface area contributed by atoms with Crippen LogP contribution in [0.2, 0.25) is 0 Å². The van der Waals surface area contributed by atoms with Crippen molar-refractivity contribution in [3.8, 4) is 0 Å². The Hall–Kier alpha value is -0.290. The van der Waals surface area contributed by atoms with Crippen molar-refractivity contribution in [3.63, 3.8) is 0 Å². The van der Waals surface area contributed by atoms with Gasteiger partial charge in [0.05, 0.1) is 11.9 Å². The van der Waals surface area contributed by atoms with Crippen LogP contribution in [0.3, 0.4) is 0 Å².